The highest BCUT2D eigenvalue weighted by Gasteiger charge is 2.23. The summed E-state index contributed by atoms with van der Waals surface area (Å²) in [6, 6.07) is 19.5. The monoisotopic (exact) mass is 436 g/mol. The first kappa shape index (κ1) is 20.6. The Labute approximate surface area is 196 Å². The standard InChI is InChI=1S/C29H32N4/c1-3-9-22(10-4-1)18-33-21-25(26-13-7-8-14-28(26)33)20-32-16-15-27-24(19-32)17-30-29(31-27)23-11-5-2-6-12-23/h1,3-4,7-10,13-14,17,21,23H,2,5-6,11-12,15-16,18-20H2. The molecular formula is C29H32N4. The van der Waals surface area contributed by atoms with Gasteiger partial charge in [-0.1, -0.05) is 67.8 Å². The topological polar surface area (TPSA) is 34.0 Å². The zero-order chi connectivity index (χ0) is 22.0. The molecule has 4 heteroatoms. The van der Waals surface area contributed by atoms with Crippen molar-refractivity contribution in [2.45, 2.75) is 64.1 Å². The van der Waals surface area contributed by atoms with Crippen molar-refractivity contribution in [3.63, 3.8) is 0 Å². The predicted molar refractivity (Wildman–Crippen MR) is 133 cm³/mol. The van der Waals surface area contributed by atoms with E-state index in [0.717, 1.165) is 38.4 Å². The van der Waals surface area contributed by atoms with Crippen LogP contribution in [-0.4, -0.2) is 26.0 Å². The molecule has 0 amide bonds. The molecule has 1 fully saturated rings. The largest absolute Gasteiger partial charge is 0.343 e. The van der Waals surface area contributed by atoms with Crippen LogP contribution in [0.1, 0.15) is 66.2 Å². The van der Waals surface area contributed by atoms with Gasteiger partial charge in [0.05, 0.1) is 0 Å². The van der Waals surface area contributed by atoms with Gasteiger partial charge in [0, 0.05) is 73.1 Å². The Balaban J connectivity index is 1.21. The van der Waals surface area contributed by atoms with E-state index < -0.39 is 0 Å². The molecule has 2 aromatic carbocycles. The van der Waals surface area contributed by atoms with Gasteiger partial charge in [-0.05, 0) is 30.0 Å². The van der Waals surface area contributed by atoms with Crippen LogP contribution in [0.5, 0.6) is 0 Å². The van der Waals surface area contributed by atoms with Crippen molar-refractivity contribution in [1.29, 1.82) is 0 Å². The second-order valence-corrected chi connectivity index (χ2v) is 9.78. The first-order valence-electron chi connectivity index (χ1n) is 12.5. The predicted octanol–water partition coefficient (Wildman–Crippen LogP) is 6.09. The van der Waals surface area contributed by atoms with E-state index in [4.69, 9.17) is 9.97 Å². The lowest BCUT2D eigenvalue weighted by atomic mass is 9.88. The van der Waals surface area contributed by atoms with Gasteiger partial charge in [-0.15, -0.1) is 0 Å². The molecule has 0 N–H and O–H groups in total. The van der Waals surface area contributed by atoms with Gasteiger partial charge in [0.15, 0.2) is 0 Å². The molecule has 3 heterocycles. The van der Waals surface area contributed by atoms with Gasteiger partial charge < -0.3 is 4.57 Å². The molecule has 4 nitrogen and oxygen atoms in total. The van der Waals surface area contributed by atoms with Crippen molar-refractivity contribution in [2.24, 2.45) is 0 Å². The zero-order valence-corrected chi connectivity index (χ0v) is 19.3. The van der Waals surface area contributed by atoms with Gasteiger partial charge in [-0.2, -0.15) is 0 Å². The summed E-state index contributed by atoms with van der Waals surface area (Å²) in [5.41, 5.74) is 6.66. The maximum absolute atomic E-state index is 5.04. The van der Waals surface area contributed by atoms with Crippen LogP contribution in [0.4, 0.5) is 0 Å². The van der Waals surface area contributed by atoms with Crippen LogP contribution in [0.2, 0.25) is 0 Å². The molecule has 4 aromatic rings. The van der Waals surface area contributed by atoms with Crippen LogP contribution in [0, 0.1) is 0 Å². The van der Waals surface area contributed by atoms with E-state index in [9.17, 15) is 0 Å². The maximum Gasteiger partial charge on any atom is 0.131 e. The van der Waals surface area contributed by atoms with Gasteiger partial charge in [-0.25, -0.2) is 9.97 Å². The average Bonchev–Trinajstić information content (AvgIpc) is 3.22. The van der Waals surface area contributed by atoms with Crippen molar-refractivity contribution < 1.29 is 0 Å². The van der Waals surface area contributed by atoms with Crippen LogP contribution in [0.3, 0.4) is 0 Å². The Bertz CT molecular complexity index is 1240. The Morgan fingerprint density at radius 1 is 0.879 bits per heavy atom. The third-order valence-electron chi connectivity index (χ3n) is 7.46. The van der Waals surface area contributed by atoms with Gasteiger partial charge in [0.25, 0.3) is 0 Å². The van der Waals surface area contributed by atoms with E-state index in [2.05, 4.69) is 76.5 Å². The lowest BCUT2D eigenvalue weighted by Gasteiger charge is -2.29. The molecule has 2 aliphatic rings. The van der Waals surface area contributed by atoms with E-state index in [1.165, 1.54) is 65.4 Å². The van der Waals surface area contributed by atoms with Crippen LogP contribution >= 0.6 is 0 Å². The molecule has 0 radical (unpaired) electrons. The summed E-state index contributed by atoms with van der Waals surface area (Å²) in [6.45, 7) is 3.87. The van der Waals surface area contributed by atoms with Crippen LogP contribution in [-0.2, 0) is 26.1 Å². The van der Waals surface area contributed by atoms with E-state index in [1.807, 2.05) is 0 Å². The van der Waals surface area contributed by atoms with Gasteiger partial charge >= 0.3 is 0 Å². The summed E-state index contributed by atoms with van der Waals surface area (Å²) in [5, 5.41) is 1.36. The molecule has 33 heavy (non-hydrogen) atoms. The lowest BCUT2D eigenvalue weighted by molar-refractivity contribution is 0.243. The van der Waals surface area contributed by atoms with Crippen molar-refractivity contribution in [3.8, 4) is 0 Å². The highest BCUT2D eigenvalue weighted by molar-refractivity contribution is 5.84. The molecule has 1 aliphatic carbocycles. The van der Waals surface area contributed by atoms with Crippen molar-refractivity contribution in [1.82, 2.24) is 19.4 Å². The van der Waals surface area contributed by atoms with E-state index in [-0.39, 0.29) is 0 Å². The lowest BCUT2D eigenvalue weighted by Crippen LogP contribution is -2.31. The Morgan fingerprint density at radius 3 is 2.58 bits per heavy atom. The third kappa shape index (κ3) is 4.32. The normalized spacial score (nSPS) is 17.3. The number of aromatic nitrogens is 3. The number of rotatable bonds is 5. The van der Waals surface area contributed by atoms with Crippen molar-refractivity contribution >= 4 is 10.9 Å². The highest BCUT2D eigenvalue weighted by atomic mass is 15.1. The maximum atomic E-state index is 5.04. The first-order chi connectivity index (χ1) is 16.3. The summed E-state index contributed by atoms with van der Waals surface area (Å²) < 4.78 is 2.40. The Hall–Kier alpha value is -2.98. The zero-order valence-electron chi connectivity index (χ0n) is 19.3. The molecule has 0 bridgehead atoms. The fourth-order valence-corrected chi connectivity index (χ4v) is 5.68. The summed E-state index contributed by atoms with van der Waals surface area (Å²) >= 11 is 0. The minimum Gasteiger partial charge on any atom is -0.343 e. The summed E-state index contributed by atoms with van der Waals surface area (Å²) in [4.78, 5) is 12.4. The highest BCUT2D eigenvalue weighted by Crippen LogP contribution is 2.32. The van der Waals surface area contributed by atoms with Crippen LogP contribution in [0.15, 0.2) is 67.0 Å². The number of benzene rings is 2. The van der Waals surface area contributed by atoms with Crippen LogP contribution < -0.4 is 0 Å². The number of para-hydroxylation sites is 1. The van der Waals surface area contributed by atoms with E-state index >= 15 is 0 Å². The Morgan fingerprint density at radius 2 is 1.70 bits per heavy atom. The fraction of sp³-hybridized carbons (Fsp3) is 0.379. The third-order valence-corrected chi connectivity index (χ3v) is 7.46. The molecule has 6 rings (SSSR count). The summed E-state index contributed by atoms with van der Waals surface area (Å²) in [7, 11) is 0. The molecule has 0 saturated heterocycles. The number of hydrogen-bond acceptors (Lipinski definition) is 3. The minimum absolute atomic E-state index is 0.581. The molecular weight excluding hydrogens is 404 g/mol. The van der Waals surface area contributed by atoms with Crippen molar-refractivity contribution in [2.75, 3.05) is 6.54 Å². The van der Waals surface area contributed by atoms with E-state index in [1.54, 1.807) is 0 Å². The molecule has 0 atom stereocenters. The Kier molecular flexibility index (Phi) is 5.69. The smallest absolute Gasteiger partial charge is 0.131 e. The van der Waals surface area contributed by atoms with Gasteiger partial charge in [0.2, 0.25) is 0 Å². The number of nitrogens with zero attached hydrogens (tertiary/aromatic N) is 4. The summed E-state index contributed by atoms with van der Waals surface area (Å²) in [5.74, 6) is 1.68. The molecule has 0 spiro atoms. The SMILES string of the molecule is c1ccc(Cn2cc(CN3CCc4nc(C5CCCCC5)ncc4C3)c3ccccc32)cc1. The fourth-order valence-electron chi connectivity index (χ4n) is 5.68. The minimum atomic E-state index is 0.581. The van der Waals surface area contributed by atoms with Crippen LogP contribution in [0.25, 0.3) is 10.9 Å². The average molecular weight is 437 g/mol. The molecule has 2 aromatic heterocycles. The second-order valence-electron chi connectivity index (χ2n) is 9.78. The molecule has 1 aliphatic heterocycles. The summed E-state index contributed by atoms with van der Waals surface area (Å²) in [6.07, 6.45) is 12.1. The molecule has 168 valence electrons. The van der Waals surface area contributed by atoms with Gasteiger partial charge in [0.1, 0.15) is 5.82 Å². The number of fused-ring (bicyclic) bond motifs is 2. The van der Waals surface area contributed by atoms with Gasteiger partial charge in [-0.3, -0.25) is 4.90 Å². The quantitative estimate of drug-likeness (QED) is 0.380. The first-order valence-corrected chi connectivity index (χ1v) is 12.5. The molecule has 0 unspecified atom stereocenters. The molecule has 1 saturated carbocycles. The van der Waals surface area contributed by atoms with E-state index in [0.29, 0.717) is 5.92 Å². The number of hydrogen-bond donors (Lipinski definition) is 0. The second kappa shape index (κ2) is 9.11. The van der Waals surface area contributed by atoms with Crippen molar-refractivity contribution in [3.05, 3.63) is 95.2 Å².